The Hall–Kier alpha value is -2.01. The molecule has 0 saturated heterocycles. The largest absolute Gasteiger partial charge is 0.352 e. The Morgan fingerprint density at radius 2 is 2.14 bits per heavy atom. The highest BCUT2D eigenvalue weighted by Crippen LogP contribution is 2.17. The minimum Gasteiger partial charge on any atom is -0.352 e. The first-order chi connectivity index (χ1) is 10.2. The number of hydrogen-bond acceptors (Lipinski definition) is 4. The number of pyridine rings is 1. The number of carbonyl (C=O) groups is 1. The lowest BCUT2D eigenvalue weighted by Crippen LogP contribution is -2.23. The number of nitrogens with one attached hydrogen (secondary N) is 1. The fourth-order valence-corrected chi connectivity index (χ4v) is 2.94. The molecule has 2 aromatic rings. The molecule has 0 aliphatic carbocycles. The number of aromatic nitrogens is 2. The molecule has 2 rings (SSSR count). The van der Waals surface area contributed by atoms with Gasteiger partial charge in [-0.1, -0.05) is 6.92 Å². The molecule has 2 aromatic heterocycles. The number of aryl methyl sites for hydroxylation is 2. The van der Waals surface area contributed by atoms with E-state index in [9.17, 15) is 4.79 Å². The number of rotatable bonds is 6. The van der Waals surface area contributed by atoms with Gasteiger partial charge in [0.05, 0.1) is 10.7 Å². The summed E-state index contributed by atoms with van der Waals surface area (Å²) < 4.78 is 0. The van der Waals surface area contributed by atoms with Gasteiger partial charge >= 0.3 is 0 Å². The highest BCUT2D eigenvalue weighted by molar-refractivity contribution is 7.11. The number of amides is 1. The van der Waals surface area contributed by atoms with E-state index in [1.807, 2.05) is 12.1 Å². The predicted octanol–water partition coefficient (Wildman–Crippen LogP) is 2.78. The van der Waals surface area contributed by atoms with Gasteiger partial charge in [0.25, 0.3) is 0 Å². The van der Waals surface area contributed by atoms with Crippen LogP contribution in [0.3, 0.4) is 0 Å². The summed E-state index contributed by atoms with van der Waals surface area (Å²) in [6.07, 6.45) is 8.46. The summed E-state index contributed by atoms with van der Waals surface area (Å²) in [4.78, 5) is 21.5. The Labute approximate surface area is 129 Å². The van der Waals surface area contributed by atoms with Crippen molar-refractivity contribution in [2.75, 3.05) is 6.54 Å². The van der Waals surface area contributed by atoms with E-state index >= 15 is 0 Å². The molecule has 1 N–H and O–H groups in total. The Kier molecular flexibility index (Phi) is 5.63. The van der Waals surface area contributed by atoms with Crippen molar-refractivity contribution in [1.82, 2.24) is 15.3 Å². The maximum absolute atomic E-state index is 11.7. The van der Waals surface area contributed by atoms with E-state index in [0.29, 0.717) is 6.54 Å². The normalized spacial score (nSPS) is 11.0. The van der Waals surface area contributed by atoms with Gasteiger partial charge in [0, 0.05) is 36.3 Å². The SMILES string of the molecule is CCc1nc(CCNC(=O)/C=C/c2ccncc2)sc1C. The van der Waals surface area contributed by atoms with Gasteiger partial charge in [-0.2, -0.15) is 0 Å². The van der Waals surface area contributed by atoms with E-state index in [-0.39, 0.29) is 5.91 Å². The molecular weight excluding hydrogens is 282 g/mol. The quantitative estimate of drug-likeness (QED) is 0.835. The maximum atomic E-state index is 11.7. The van der Waals surface area contributed by atoms with Gasteiger partial charge < -0.3 is 5.32 Å². The topological polar surface area (TPSA) is 54.9 Å². The van der Waals surface area contributed by atoms with Crippen LogP contribution in [0.1, 0.15) is 28.1 Å². The maximum Gasteiger partial charge on any atom is 0.244 e. The summed E-state index contributed by atoms with van der Waals surface area (Å²) in [6.45, 7) is 4.81. The minimum absolute atomic E-state index is 0.0872. The average molecular weight is 301 g/mol. The van der Waals surface area contributed by atoms with Crippen molar-refractivity contribution in [3.63, 3.8) is 0 Å². The summed E-state index contributed by atoms with van der Waals surface area (Å²) in [7, 11) is 0. The molecule has 110 valence electrons. The molecule has 0 aliphatic rings. The first-order valence-electron chi connectivity index (χ1n) is 7.00. The van der Waals surface area contributed by atoms with Gasteiger partial charge in [-0.3, -0.25) is 9.78 Å². The van der Waals surface area contributed by atoms with Crippen molar-refractivity contribution in [3.8, 4) is 0 Å². The highest BCUT2D eigenvalue weighted by atomic mass is 32.1. The van der Waals surface area contributed by atoms with Crippen LogP contribution in [0.4, 0.5) is 0 Å². The van der Waals surface area contributed by atoms with E-state index < -0.39 is 0 Å². The second-order valence-electron chi connectivity index (χ2n) is 4.62. The van der Waals surface area contributed by atoms with Gasteiger partial charge in [-0.15, -0.1) is 11.3 Å². The molecule has 0 radical (unpaired) electrons. The Morgan fingerprint density at radius 3 is 2.81 bits per heavy atom. The van der Waals surface area contributed by atoms with Crippen LogP contribution >= 0.6 is 11.3 Å². The van der Waals surface area contributed by atoms with Crippen LogP contribution in [0, 0.1) is 6.92 Å². The summed E-state index contributed by atoms with van der Waals surface area (Å²) in [6, 6.07) is 3.71. The molecule has 0 saturated carbocycles. The molecule has 0 spiro atoms. The van der Waals surface area contributed by atoms with Crippen molar-refractivity contribution in [2.24, 2.45) is 0 Å². The van der Waals surface area contributed by atoms with E-state index in [4.69, 9.17) is 0 Å². The first kappa shape index (κ1) is 15.4. The zero-order valence-corrected chi connectivity index (χ0v) is 13.1. The van der Waals surface area contributed by atoms with Crippen LogP contribution in [0.5, 0.6) is 0 Å². The molecule has 4 nitrogen and oxygen atoms in total. The zero-order valence-electron chi connectivity index (χ0n) is 12.3. The third-order valence-electron chi connectivity index (χ3n) is 3.04. The molecule has 5 heteroatoms. The molecule has 0 atom stereocenters. The monoisotopic (exact) mass is 301 g/mol. The van der Waals surface area contributed by atoms with Crippen LogP contribution in [-0.2, 0) is 17.6 Å². The van der Waals surface area contributed by atoms with Crippen LogP contribution in [0.15, 0.2) is 30.6 Å². The zero-order chi connectivity index (χ0) is 15.1. The fraction of sp³-hybridized carbons (Fsp3) is 0.312. The summed E-state index contributed by atoms with van der Waals surface area (Å²) in [5.74, 6) is -0.0872. The minimum atomic E-state index is -0.0872. The third-order valence-corrected chi connectivity index (χ3v) is 4.12. The molecule has 0 fully saturated rings. The van der Waals surface area contributed by atoms with Gasteiger partial charge in [-0.05, 0) is 37.1 Å². The lowest BCUT2D eigenvalue weighted by molar-refractivity contribution is -0.116. The lowest BCUT2D eigenvalue weighted by atomic mass is 10.2. The molecule has 0 unspecified atom stereocenters. The molecular formula is C16H19N3OS. The standard InChI is InChI=1S/C16H19N3OS/c1-3-14-12(2)21-16(19-14)8-11-18-15(20)5-4-13-6-9-17-10-7-13/h4-7,9-10H,3,8,11H2,1-2H3,(H,18,20)/b5-4+. The fourth-order valence-electron chi connectivity index (χ4n) is 1.92. The van der Waals surface area contributed by atoms with Gasteiger partial charge in [0.2, 0.25) is 5.91 Å². The second-order valence-corrected chi connectivity index (χ2v) is 5.91. The predicted molar refractivity (Wildman–Crippen MR) is 86.2 cm³/mol. The van der Waals surface area contributed by atoms with E-state index in [1.165, 1.54) is 10.6 Å². The number of carbonyl (C=O) groups excluding carboxylic acids is 1. The van der Waals surface area contributed by atoms with E-state index in [2.05, 4.69) is 29.1 Å². The van der Waals surface area contributed by atoms with Crippen LogP contribution < -0.4 is 5.32 Å². The number of nitrogens with zero attached hydrogens (tertiary/aromatic N) is 2. The molecule has 21 heavy (non-hydrogen) atoms. The van der Waals surface area contributed by atoms with Gasteiger partial charge in [-0.25, -0.2) is 4.98 Å². The second kappa shape index (κ2) is 7.69. The molecule has 2 heterocycles. The lowest BCUT2D eigenvalue weighted by Gasteiger charge is -1.99. The summed E-state index contributed by atoms with van der Waals surface area (Å²) in [5, 5.41) is 3.96. The Balaban J connectivity index is 1.77. The third kappa shape index (κ3) is 4.79. The molecule has 1 amide bonds. The summed E-state index contributed by atoms with van der Waals surface area (Å²) in [5.41, 5.74) is 2.13. The Bertz CT molecular complexity index is 620. The summed E-state index contributed by atoms with van der Waals surface area (Å²) >= 11 is 1.71. The first-order valence-corrected chi connectivity index (χ1v) is 7.81. The van der Waals surface area contributed by atoms with Crippen molar-refractivity contribution >= 4 is 23.3 Å². The highest BCUT2D eigenvalue weighted by Gasteiger charge is 2.05. The van der Waals surface area contributed by atoms with Crippen molar-refractivity contribution in [3.05, 3.63) is 51.7 Å². The average Bonchev–Trinajstić information content (AvgIpc) is 2.86. The van der Waals surface area contributed by atoms with Crippen molar-refractivity contribution in [1.29, 1.82) is 0 Å². The molecule has 0 bridgehead atoms. The van der Waals surface area contributed by atoms with Crippen LogP contribution in [0.2, 0.25) is 0 Å². The van der Waals surface area contributed by atoms with E-state index in [0.717, 1.165) is 23.4 Å². The molecule has 0 aromatic carbocycles. The number of thiazole rings is 1. The van der Waals surface area contributed by atoms with E-state index in [1.54, 1.807) is 35.9 Å². The van der Waals surface area contributed by atoms with Gasteiger partial charge in [0.15, 0.2) is 0 Å². The van der Waals surface area contributed by atoms with Crippen LogP contribution in [0.25, 0.3) is 6.08 Å². The van der Waals surface area contributed by atoms with Gasteiger partial charge in [0.1, 0.15) is 0 Å². The smallest absolute Gasteiger partial charge is 0.244 e. The number of hydrogen-bond donors (Lipinski definition) is 1. The Morgan fingerprint density at radius 1 is 1.38 bits per heavy atom. The van der Waals surface area contributed by atoms with Crippen LogP contribution in [-0.4, -0.2) is 22.4 Å². The molecule has 0 aliphatic heterocycles. The van der Waals surface area contributed by atoms with Crippen molar-refractivity contribution < 1.29 is 4.79 Å². The van der Waals surface area contributed by atoms with Crippen molar-refractivity contribution in [2.45, 2.75) is 26.7 Å².